The minimum absolute atomic E-state index is 0.128. The highest BCUT2D eigenvalue weighted by Gasteiger charge is 2.43. The van der Waals surface area contributed by atoms with E-state index in [1.807, 2.05) is 0 Å². The van der Waals surface area contributed by atoms with Gasteiger partial charge in [0, 0.05) is 0 Å². The fraction of sp³-hybridized carbons (Fsp3) is 0.333. The quantitative estimate of drug-likeness (QED) is 0.823. The van der Waals surface area contributed by atoms with Crippen LogP contribution in [0.2, 0.25) is 0 Å². The van der Waals surface area contributed by atoms with Gasteiger partial charge in [0.05, 0.1) is 17.1 Å². The van der Waals surface area contributed by atoms with Gasteiger partial charge in [0.2, 0.25) is 10.0 Å². The van der Waals surface area contributed by atoms with Gasteiger partial charge in [0.1, 0.15) is 6.04 Å². The van der Waals surface area contributed by atoms with Crippen molar-refractivity contribution in [2.45, 2.75) is 37.9 Å². The summed E-state index contributed by atoms with van der Waals surface area (Å²) in [4.78, 5) is -0.128. The van der Waals surface area contributed by atoms with Gasteiger partial charge in [-0.25, -0.2) is 8.42 Å². The first-order valence-corrected chi connectivity index (χ1v) is 9.38. The second-order valence-electron chi connectivity index (χ2n) is 6.12. The molecule has 8 heteroatoms. The Balaban J connectivity index is 2.27. The fourth-order valence-corrected chi connectivity index (χ4v) is 4.44. The van der Waals surface area contributed by atoms with Crippen LogP contribution in [0, 0.1) is 20.8 Å². The summed E-state index contributed by atoms with van der Waals surface area (Å²) in [5, 5.41) is 3.86. The number of nitrogens with one attached hydrogen (secondary N) is 1. The maximum absolute atomic E-state index is 13.3. The number of rotatable bonds is 6. The molecule has 1 radical (unpaired) electrons. The SMILES string of the molecule is Cc1cc(C)c(S(=O)(=O)NC(C[N]c2ccccc2)C(F)(F)F)c(C)c1. The van der Waals surface area contributed by atoms with Gasteiger partial charge in [-0.1, -0.05) is 35.9 Å². The van der Waals surface area contributed by atoms with Gasteiger partial charge in [-0.05, 0) is 44.0 Å². The van der Waals surface area contributed by atoms with Crippen LogP contribution < -0.4 is 10.0 Å². The van der Waals surface area contributed by atoms with Crippen LogP contribution in [0.15, 0.2) is 47.4 Å². The Morgan fingerprint density at radius 1 is 1.04 bits per heavy atom. The smallest absolute Gasteiger partial charge is 0.283 e. The highest BCUT2D eigenvalue weighted by atomic mass is 32.2. The van der Waals surface area contributed by atoms with Crippen LogP contribution in [0.25, 0.3) is 0 Å². The van der Waals surface area contributed by atoms with Gasteiger partial charge in [0.25, 0.3) is 0 Å². The van der Waals surface area contributed by atoms with E-state index in [0.717, 1.165) is 5.56 Å². The van der Waals surface area contributed by atoms with Crippen molar-refractivity contribution >= 4 is 15.7 Å². The number of halogens is 3. The molecule has 0 amide bonds. The van der Waals surface area contributed by atoms with Crippen molar-refractivity contribution in [3.05, 3.63) is 59.2 Å². The number of alkyl halides is 3. The van der Waals surface area contributed by atoms with Gasteiger partial charge in [0.15, 0.2) is 0 Å². The third-order valence-corrected chi connectivity index (χ3v) is 5.55. The number of aryl methyl sites for hydroxylation is 3. The number of hydrogen-bond donors (Lipinski definition) is 1. The third kappa shape index (κ3) is 4.98. The molecule has 141 valence electrons. The first-order chi connectivity index (χ1) is 12.0. The predicted octanol–water partition coefficient (Wildman–Crippen LogP) is 3.76. The van der Waals surface area contributed by atoms with E-state index in [4.69, 9.17) is 0 Å². The summed E-state index contributed by atoms with van der Waals surface area (Å²) >= 11 is 0. The molecule has 0 bridgehead atoms. The Morgan fingerprint density at radius 2 is 1.58 bits per heavy atom. The molecular formula is C18H20F3N2O2S. The van der Waals surface area contributed by atoms with E-state index in [1.54, 1.807) is 68.0 Å². The highest BCUT2D eigenvalue weighted by Crippen LogP contribution is 2.26. The van der Waals surface area contributed by atoms with E-state index >= 15 is 0 Å². The van der Waals surface area contributed by atoms with E-state index in [9.17, 15) is 21.6 Å². The van der Waals surface area contributed by atoms with Gasteiger partial charge < -0.3 is 0 Å². The zero-order valence-electron chi connectivity index (χ0n) is 14.6. The van der Waals surface area contributed by atoms with Crippen molar-refractivity contribution < 1.29 is 21.6 Å². The first-order valence-electron chi connectivity index (χ1n) is 7.90. The first kappa shape index (κ1) is 20.3. The number of para-hydroxylation sites is 1. The lowest BCUT2D eigenvalue weighted by atomic mass is 10.1. The van der Waals surface area contributed by atoms with Crippen molar-refractivity contribution in [3.8, 4) is 0 Å². The van der Waals surface area contributed by atoms with E-state index in [0.29, 0.717) is 16.8 Å². The zero-order valence-corrected chi connectivity index (χ0v) is 15.4. The van der Waals surface area contributed by atoms with E-state index in [-0.39, 0.29) is 4.90 Å². The summed E-state index contributed by atoms with van der Waals surface area (Å²) in [6.07, 6.45) is -4.77. The Labute approximate surface area is 151 Å². The Hall–Kier alpha value is -2.06. The van der Waals surface area contributed by atoms with Gasteiger partial charge in [-0.15, -0.1) is 0 Å². The molecule has 0 heterocycles. The monoisotopic (exact) mass is 385 g/mol. The normalized spacial score (nSPS) is 13.5. The average Bonchev–Trinajstić information content (AvgIpc) is 2.50. The molecule has 2 rings (SSSR count). The summed E-state index contributed by atoms with van der Waals surface area (Å²) in [5.41, 5.74) is 1.99. The molecule has 0 aliphatic rings. The van der Waals surface area contributed by atoms with Crippen LogP contribution in [-0.2, 0) is 10.0 Å². The Morgan fingerprint density at radius 3 is 2.08 bits per heavy atom. The molecule has 2 aromatic carbocycles. The molecule has 26 heavy (non-hydrogen) atoms. The lowest BCUT2D eigenvalue weighted by Gasteiger charge is -2.22. The molecule has 0 saturated heterocycles. The number of sulfonamides is 1. The third-order valence-electron chi connectivity index (χ3n) is 3.78. The van der Waals surface area contributed by atoms with E-state index in [2.05, 4.69) is 5.32 Å². The fourth-order valence-electron chi connectivity index (χ4n) is 2.77. The number of nitrogens with zero attached hydrogens (tertiary/aromatic N) is 1. The minimum Gasteiger partial charge on any atom is -0.283 e. The lowest BCUT2D eigenvalue weighted by Crippen LogP contribution is -2.49. The van der Waals surface area contributed by atoms with Crippen molar-refractivity contribution in [1.82, 2.24) is 10.0 Å². The molecule has 0 saturated carbocycles. The van der Waals surface area contributed by atoms with Crippen LogP contribution >= 0.6 is 0 Å². The van der Waals surface area contributed by atoms with Crippen LogP contribution in [0.3, 0.4) is 0 Å². The number of hydrogen-bond acceptors (Lipinski definition) is 2. The molecule has 0 aliphatic heterocycles. The van der Waals surface area contributed by atoms with Crippen molar-refractivity contribution in [1.29, 1.82) is 0 Å². The summed E-state index contributed by atoms with van der Waals surface area (Å²) in [6, 6.07) is 9.04. The second kappa shape index (κ2) is 7.67. The molecule has 0 aliphatic carbocycles. The average molecular weight is 385 g/mol. The maximum Gasteiger partial charge on any atom is 0.406 e. The molecule has 1 N–H and O–H groups in total. The van der Waals surface area contributed by atoms with E-state index in [1.165, 1.54) is 0 Å². The maximum atomic E-state index is 13.3. The summed E-state index contributed by atoms with van der Waals surface area (Å²) in [6.45, 7) is 4.18. The largest absolute Gasteiger partial charge is 0.406 e. The zero-order chi connectivity index (χ0) is 19.5. The van der Waals surface area contributed by atoms with Crippen LogP contribution in [0.4, 0.5) is 18.9 Å². The minimum atomic E-state index is -4.77. The summed E-state index contributed by atoms with van der Waals surface area (Å²) in [7, 11) is -4.36. The highest BCUT2D eigenvalue weighted by molar-refractivity contribution is 7.89. The topological polar surface area (TPSA) is 60.3 Å². The molecule has 0 fully saturated rings. The molecule has 0 aromatic heterocycles. The van der Waals surface area contributed by atoms with Crippen LogP contribution in [0.1, 0.15) is 16.7 Å². The van der Waals surface area contributed by atoms with Crippen LogP contribution in [0.5, 0.6) is 0 Å². The van der Waals surface area contributed by atoms with Crippen molar-refractivity contribution in [2.75, 3.05) is 6.54 Å². The Kier molecular flexibility index (Phi) is 5.98. The molecule has 1 unspecified atom stereocenters. The Bertz CT molecular complexity index is 843. The molecule has 4 nitrogen and oxygen atoms in total. The van der Waals surface area contributed by atoms with Gasteiger partial charge >= 0.3 is 6.18 Å². The van der Waals surface area contributed by atoms with Gasteiger partial charge in [-0.3, -0.25) is 5.32 Å². The van der Waals surface area contributed by atoms with Crippen molar-refractivity contribution in [3.63, 3.8) is 0 Å². The predicted molar refractivity (Wildman–Crippen MR) is 93.9 cm³/mol. The summed E-state index contributed by atoms with van der Waals surface area (Å²) < 4.78 is 67.0. The lowest BCUT2D eigenvalue weighted by molar-refractivity contribution is -0.149. The second-order valence-corrected chi connectivity index (χ2v) is 7.77. The van der Waals surface area contributed by atoms with Gasteiger partial charge in [-0.2, -0.15) is 17.9 Å². The summed E-state index contributed by atoms with van der Waals surface area (Å²) in [5.74, 6) is 0. The molecule has 2 aromatic rings. The van der Waals surface area contributed by atoms with Crippen LogP contribution in [-0.4, -0.2) is 27.2 Å². The van der Waals surface area contributed by atoms with E-state index < -0.39 is 28.8 Å². The standard InChI is InChI=1S/C18H20F3N2O2S/c1-12-9-13(2)17(14(3)10-12)26(24,25)23-16(18(19,20)21)11-22-15-7-5-4-6-8-15/h4-10,16,23H,11H2,1-3H3. The number of benzene rings is 2. The molecule has 1 atom stereocenters. The van der Waals surface area contributed by atoms with Crippen molar-refractivity contribution in [2.24, 2.45) is 0 Å². The molecule has 0 spiro atoms. The molecular weight excluding hydrogens is 365 g/mol.